The Bertz CT molecular complexity index is 647. The van der Waals surface area contributed by atoms with Crippen molar-refractivity contribution in [2.45, 2.75) is 25.0 Å². The molecule has 4 nitrogen and oxygen atoms in total. The van der Waals surface area contributed by atoms with Crippen LogP contribution in [0.3, 0.4) is 0 Å². The van der Waals surface area contributed by atoms with Crippen molar-refractivity contribution in [2.24, 2.45) is 0 Å². The summed E-state index contributed by atoms with van der Waals surface area (Å²) in [4.78, 5) is 12.1. The predicted octanol–water partition coefficient (Wildman–Crippen LogP) is 3.17. The summed E-state index contributed by atoms with van der Waals surface area (Å²) in [6.45, 7) is 0.477. The van der Waals surface area contributed by atoms with Crippen LogP contribution in [0.25, 0.3) is 0 Å². The third-order valence-electron chi connectivity index (χ3n) is 3.84. The summed E-state index contributed by atoms with van der Waals surface area (Å²) < 4.78 is 30.3. The number of carbonyl (C=O) groups is 1. The summed E-state index contributed by atoms with van der Waals surface area (Å²) in [6.07, 6.45) is -2.90. The Balaban J connectivity index is 1.54. The Morgan fingerprint density at radius 2 is 1.75 bits per heavy atom. The SMILES string of the molecule is O=C(OC1C(F)COC1COCc1ccccc1)c1ccccc1. The quantitative estimate of drug-likeness (QED) is 0.763. The van der Waals surface area contributed by atoms with Gasteiger partial charge in [-0.3, -0.25) is 0 Å². The molecule has 1 aliphatic rings. The maximum Gasteiger partial charge on any atom is 0.338 e. The molecular formula is C19H19FO4. The van der Waals surface area contributed by atoms with Crippen molar-refractivity contribution in [2.75, 3.05) is 13.2 Å². The van der Waals surface area contributed by atoms with Crippen LogP contribution in [0.15, 0.2) is 60.7 Å². The zero-order valence-corrected chi connectivity index (χ0v) is 13.1. The zero-order valence-electron chi connectivity index (χ0n) is 13.1. The second kappa shape index (κ2) is 8.04. The van der Waals surface area contributed by atoms with Gasteiger partial charge in [0.2, 0.25) is 0 Å². The van der Waals surface area contributed by atoms with Gasteiger partial charge in [-0.15, -0.1) is 0 Å². The van der Waals surface area contributed by atoms with Crippen LogP contribution in [0.2, 0.25) is 0 Å². The fourth-order valence-corrected chi connectivity index (χ4v) is 2.56. The summed E-state index contributed by atoms with van der Waals surface area (Å²) in [5.41, 5.74) is 1.41. The Labute approximate surface area is 140 Å². The Kier molecular flexibility index (Phi) is 5.56. The summed E-state index contributed by atoms with van der Waals surface area (Å²) in [5.74, 6) is -0.554. The zero-order chi connectivity index (χ0) is 16.8. The first-order valence-electron chi connectivity index (χ1n) is 7.87. The average Bonchev–Trinajstić information content (AvgIpc) is 2.97. The molecule has 3 rings (SSSR count). The molecule has 0 saturated carbocycles. The van der Waals surface area contributed by atoms with Crippen LogP contribution >= 0.6 is 0 Å². The lowest BCUT2D eigenvalue weighted by Crippen LogP contribution is -2.36. The lowest BCUT2D eigenvalue weighted by molar-refractivity contribution is -0.0445. The van der Waals surface area contributed by atoms with Gasteiger partial charge in [-0.05, 0) is 17.7 Å². The number of ether oxygens (including phenoxy) is 3. The van der Waals surface area contributed by atoms with Crippen LogP contribution in [0, 0.1) is 0 Å². The van der Waals surface area contributed by atoms with Gasteiger partial charge in [0, 0.05) is 0 Å². The van der Waals surface area contributed by atoms with Crippen molar-refractivity contribution in [3.8, 4) is 0 Å². The lowest BCUT2D eigenvalue weighted by atomic mass is 10.1. The minimum atomic E-state index is -1.34. The van der Waals surface area contributed by atoms with Gasteiger partial charge in [0.15, 0.2) is 12.3 Å². The Hall–Kier alpha value is -2.24. The van der Waals surface area contributed by atoms with Gasteiger partial charge in [-0.25, -0.2) is 9.18 Å². The molecule has 0 aliphatic carbocycles. The van der Waals surface area contributed by atoms with Crippen molar-refractivity contribution in [3.05, 3.63) is 71.8 Å². The summed E-state index contributed by atoms with van der Waals surface area (Å²) in [5, 5.41) is 0. The molecule has 2 aromatic carbocycles. The van der Waals surface area contributed by atoms with Crippen LogP contribution in [0.1, 0.15) is 15.9 Å². The van der Waals surface area contributed by atoms with Gasteiger partial charge in [-0.1, -0.05) is 48.5 Å². The minimum Gasteiger partial charge on any atom is -0.453 e. The number of alkyl halides is 1. The van der Waals surface area contributed by atoms with E-state index in [1.807, 2.05) is 30.3 Å². The van der Waals surface area contributed by atoms with Gasteiger partial charge < -0.3 is 14.2 Å². The van der Waals surface area contributed by atoms with Crippen LogP contribution < -0.4 is 0 Å². The van der Waals surface area contributed by atoms with Gasteiger partial charge >= 0.3 is 5.97 Å². The average molecular weight is 330 g/mol. The second-order valence-electron chi connectivity index (χ2n) is 5.62. The lowest BCUT2D eigenvalue weighted by Gasteiger charge is -2.20. The van der Waals surface area contributed by atoms with Crippen molar-refractivity contribution >= 4 is 5.97 Å². The number of benzene rings is 2. The fraction of sp³-hybridized carbons (Fsp3) is 0.316. The maximum absolute atomic E-state index is 14.0. The molecule has 0 N–H and O–H groups in total. The molecule has 24 heavy (non-hydrogen) atoms. The van der Waals surface area contributed by atoms with E-state index >= 15 is 0 Å². The second-order valence-corrected chi connectivity index (χ2v) is 5.62. The van der Waals surface area contributed by atoms with Crippen molar-refractivity contribution in [3.63, 3.8) is 0 Å². The van der Waals surface area contributed by atoms with Crippen molar-refractivity contribution in [1.82, 2.24) is 0 Å². The smallest absolute Gasteiger partial charge is 0.338 e. The number of halogens is 1. The number of hydrogen-bond donors (Lipinski definition) is 0. The first kappa shape index (κ1) is 16.6. The molecule has 1 heterocycles. The third kappa shape index (κ3) is 4.19. The van der Waals surface area contributed by atoms with E-state index < -0.39 is 24.3 Å². The maximum atomic E-state index is 14.0. The van der Waals surface area contributed by atoms with Gasteiger partial charge in [0.1, 0.15) is 6.10 Å². The number of rotatable bonds is 6. The molecule has 0 spiro atoms. The van der Waals surface area contributed by atoms with Gasteiger partial charge in [-0.2, -0.15) is 0 Å². The highest BCUT2D eigenvalue weighted by molar-refractivity contribution is 5.89. The predicted molar refractivity (Wildman–Crippen MR) is 86.4 cm³/mol. The van der Waals surface area contributed by atoms with Crippen LogP contribution in [-0.2, 0) is 20.8 Å². The van der Waals surface area contributed by atoms with Crippen molar-refractivity contribution < 1.29 is 23.4 Å². The molecule has 1 aliphatic heterocycles. The van der Waals surface area contributed by atoms with Gasteiger partial charge in [0.25, 0.3) is 0 Å². The van der Waals surface area contributed by atoms with Crippen molar-refractivity contribution in [1.29, 1.82) is 0 Å². The van der Waals surface area contributed by atoms with E-state index in [9.17, 15) is 9.18 Å². The largest absolute Gasteiger partial charge is 0.453 e. The van der Waals surface area contributed by atoms with E-state index in [0.29, 0.717) is 12.2 Å². The molecule has 3 unspecified atom stereocenters. The van der Waals surface area contributed by atoms with E-state index in [-0.39, 0.29) is 13.2 Å². The molecule has 5 heteroatoms. The van der Waals surface area contributed by atoms with Crippen LogP contribution in [0.5, 0.6) is 0 Å². The summed E-state index contributed by atoms with van der Waals surface area (Å²) in [6, 6.07) is 18.2. The molecule has 2 aromatic rings. The molecular weight excluding hydrogens is 311 g/mol. The Morgan fingerprint density at radius 3 is 2.46 bits per heavy atom. The van der Waals surface area contributed by atoms with Gasteiger partial charge in [0.05, 0.1) is 25.4 Å². The highest BCUT2D eigenvalue weighted by Crippen LogP contribution is 2.22. The van der Waals surface area contributed by atoms with E-state index in [1.54, 1.807) is 30.3 Å². The van der Waals surface area contributed by atoms with Crippen LogP contribution in [0.4, 0.5) is 4.39 Å². The topological polar surface area (TPSA) is 44.8 Å². The standard InChI is InChI=1S/C19H19FO4/c20-16-12-23-17(13-22-11-14-7-3-1-4-8-14)18(16)24-19(21)15-9-5-2-6-10-15/h1-10,16-18H,11-13H2. The molecule has 0 radical (unpaired) electrons. The normalized spacial score (nSPS) is 23.1. The molecule has 0 aromatic heterocycles. The molecule has 1 saturated heterocycles. The minimum absolute atomic E-state index is 0.0912. The molecule has 1 fully saturated rings. The number of esters is 1. The molecule has 126 valence electrons. The highest BCUT2D eigenvalue weighted by Gasteiger charge is 2.40. The fourth-order valence-electron chi connectivity index (χ4n) is 2.56. The molecule has 0 bridgehead atoms. The Morgan fingerprint density at radius 1 is 1.08 bits per heavy atom. The first-order chi connectivity index (χ1) is 11.7. The van der Waals surface area contributed by atoms with Crippen LogP contribution in [-0.4, -0.2) is 37.6 Å². The highest BCUT2D eigenvalue weighted by atomic mass is 19.1. The number of hydrogen-bond acceptors (Lipinski definition) is 4. The van der Waals surface area contributed by atoms with E-state index in [4.69, 9.17) is 14.2 Å². The monoisotopic (exact) mass is 330 g/mol. The summed E-state index contributed by atoms with van der Waals surface area (Å²) in [7, 11) is 0. The number of carbonyl (C=O) groups excluding carboxylic acids is 1. The third-order valence-corrected chi connectivity index (χ3v) is 3.84. The molecule has 0 amide bonds. The molecule has 3 atom stereocenters. The van der Waals surface area contributed by atoms with E-state index in [2.05, 4.69) is 0 Å². The summed E-state index contributed by atoms with van der Waals surface area (Å²) >= 11 is 0. The van der Waals surface area contributed by atoms with E-state index in [0.717, 1.165) is 5.56 Å². The first-order valence-corrected chi connectivity index (χ1v) is 7.87. The van der Waals surface area contributed by atoms with E-state index in [1.165, 1.54) is 0 Å².